The molecule has 0 radical (unpaired) electrons. The molecule has 0 saturated carbocycles. The molecule has 0 atom stereocenters. The van der Waals surface area contributed by atoms with Gasteiger partial charge < -0.3 is 14.8 Å². The second-order valence-corrected chi connectivity index (χ2v) is 3.36. The Morgan fingerprint density at radius 3 is 2.33 bits per heavy atom. The zero-order valence-corrected chi connectivity index (χ0v) is 9.67. The molecule has 0 aliphatic carbocycles. The molecule has 6 heteroatoms. The van der Waals surface area contributed by atoms with Gasteiger partial charge in [-0.2, -0.15) is 0 Å². The summed E-state index contributed by atoms with van der Waals surface area (Å²) >= 11 is 0. The molecule has 0 saturated heterocycles. The molecule has 0 unspecified atom stereocenters. The Labute approximate surface area is 103 Å². The lowest BCUT2D eigenvalue weighted by Crippen LogP contribution is -2.20. The molecule has 0 spiro atoms. The van der Waals surface area contributed by atoms with Crippen LogP contribution in [0.1, 0.15) is 0 Å². The lowest BCUT2D eigenvalue weighted by molar-refractivity contribution is -0.274. The van der Waals surface area contributed by atoms with Crippen LogP contribution < -0.4 is 14.8 Å². The third-order valence-corrected chi connectivity index (χ3v) is 1.89. The van der Waals surface area contributed by atoms with Crippen LogP contribution in [0.15, 0.2) is 36.9 Å². The molecule has 0 heterocycles. The number of hydrogen-bond donors (Lipinski definition) is 1. The molecule has 1 aromatic carbocycles. The van der Waals surface area contributed by atoms with Crippen molar-refractivity contribution in [3.63, 3.8) is 0 Å². The lowest BCUT2D eigenvalue weighted by Gasteiger charge is -2.10. The Hall–Kier alpha value is -1.69. The number of rotatable bonds is 7. The molecular weight excluding hydrogens is 247 g/mol. The fourth-order valence-electron chi connectivity index (χ4n) is 1.18. The van der Waals surface area contributed by atoms with Gasteiger partial charge in [0, 0.05) is 13.1 Å². The summed E-state index contributed by atoms with van der Waals surface area (Å²) in [5, 5.41) is 3.03. The minimum Gasteiger partial charge on any atom is -0.492 e. The van der Waals surface area contributed by atoms with Crippen LogP contribution in [0.5, 0.6) is 11.5 Å². The Bertz CT molecular complexity index is 363. The van der Waals surface area contributed by atoms with Gasteiger partial charge in [0.25, 0.3) is 0 Å². The van der Waals surface area contributed by atoms with Gasteiger partial charge in [0.2, 0.25) is 0 Å². The van der Waals surface area contributed by atoms with Gasteiger partial charge >= 0.3 is 6.36 Å². The second-order valence-electron chi connectivity index (χ2n) is 3.36. The highest BCUT2D eigenvalue weighted by molar-refractivity contribution is 5.31. The Morgan fingerprint density at radius 2 is 1.78 bits per heavy atom. The Balaban J connectivity index is 2.34. The van der Waals surface area contributed by atoms with Crippen molar-refractivity contribution < 1.29 is 22.6 Å². The minimum atomic E-state index is -4.67. The third kappa shape index (κ3) is 6.15. The predicted molar refractivity (Wildman–Crippen MR) is 61.7 cm³/mol. The van der Waals surface area contributed by atoms with E-state index in [9.17, 15) is 13.2 Å². The zero-order valence-electron chi connectivity index (χ0n) is 9.67. The van der Waals surface area contributed by atoms with Crippen LogP contribution in [-0.4, -0.2) is 26.1 Å². The highest BCUT2D eigenvalue weighted by atomic mass is 19.4. The van der Waals surface area contributed by atoms with Crippen molar-refractivity contribution in [3.05, 3.63) is 36.9 Å². The number of nitrogens with one attached hydrogen (secondary N) is 1. The van der Waals surface area contributed by atoms with E-state index >= 15 is 0 Å². The van der Waals surface area contributed by atoms with Crippen molar-refractivity contribution >= 4 is 0 Å². The van der Waals surface area contributed by atoms with Crippen molar-refractivity contribution in [2.24, 2.45) is 0 Å². The van der Waals surface area contributed by atoms with Crippen LogP contribution in [0.2, 0.25) is 0 Å². The third-order valence-electron chi connectivity index (χ3n) is 1.89. The maximum atomic E-state index is 11.9. The molecule has 0 fully saturated rings. The quantitative estimate of drug-likeness (QED) is 0.604. The van der Waals surface area contributed by atoms with Crippen molar-refractivity contribution in [2.45, 2.75) is 6.36 Å². The van der Waals surface area contributed by atoms with Crippen LogP contribution in [0.3, 0.4) is 0 Å². The van der Waals surface area contributed by atoms with Gasteiger partial charge in [0.15, 0.2) is 0 Å². The van der Waals surface area contributed by atoms with Gasteiger partial charge in [-0.3, -0.25) is 0 Å². The molecule has 1 aromatic rings. The first-order chi connectivity index (χ1) is 8.51. The van der Waals surface area contributed by atoms with E-state index in [0.29, 0.717) is 25.4 Å². The molecule has 100 valence electrons. The summed E-state index contributed by atoms with van der Waals surface area (Å²) in [4.78, 5) is 0. The van der Waals surface area contributed by atoms with Gasteiger partial charge in [-0.25, -0.2) is 0 Å². The molecule has 0 aliphatic heterocycles. The number of halogens is 3. The predicted octanol–water partition coefficient (Wildman–Crippen LogP) is 2.74. The van der Waals surface area contributed by atoms with Crippen molar-refractivity contribution in [1.82, 2.24) is 5.32 Å². The van der Waals surface area contributed by atoms with Crippen LogP contribution in [0, 0.1) is 0 Å². The molecule has 0 aliphatic rings. The highest BCUT2D eigenvalue weighted by Gasteiger charge is 2.30. The largest absolute Gasteiger partial charge is 0.573 e. The summed E-state index contributed by atoms with van der Waals surface area (Å²) in [6.07, 6.45) is -2.94. The molecule has 3 nitrogen and oxygen atoms in total. The van der Waals surface area contributed by atoms with Crippen molar-refractivity contribution in [3.8, 4) is 11.5 Å². The molecule has 0 bridgehead atoms. The molecule has 1 N–H and O–H groups in total. The van der Waals surface area contributed by atoms with E-state index in [1.54, 1.807) is 6.08 Å². The van der Waals surface area contributed by atoms with E-state index < -0.39 is 6.36 Å². The van der Waals surface area contributed by atoms with Crippen LogP contribution in [-0.2, 0) is 0 Å². The summed E-state index contributed by atoms with van der Waals surface area (Å²) in [6, 6.07) is 5.27. The standard InChI is InChI=1S/C12H14F3NO2/c1-2-7-16-8-9-17-10-3-5-11(6-4-10)18-12(13,14)15/h2-6,16H,1,7-9H2. The summed E-state index contributed by atoms with van der Waals surface area (Å²) in [5.74, 6) is 0.226. The summed E-state index contributed by atoms with van der Waals surface area (Å²) in [5.41, 5.74) is 0. The molecule has 18 heavy (non-hydrogen) atoms. The lowest BCUT2D eigenvalue weighted by atomic mass is 10.3. The number of ether oxygens (including phenoxy) is 2. The maximum absolute atomic E-state index is 11.9. The van der Waals surface area contributed by atoms with Gasteiger partial charge in [0.05, 0.1) is 0 Å². The van der Waals surface area contributed by atoms with E-state index in [0.717, 1.165) is 0 Å². The summed E-state index contributed by atoms with van der Waals surface area (Å²) in [6.45, 7) is 5.28. The van der Waals surface area contributed by atoms with E-state index in [-0.39, 0.29) is 5.75 Å². The van der Waals surface area contributed by atoms with Crippen molar-refractivity contribution in [2.75, 3.05) is 19.7 Å². The SMILES string of the molecule is C=CCNCCOc1ccc(OC(F)(F)F)cc1. The first kappa shape index (κ1) is 14.4. The monoisotopic (exact) mass is 261 g/mol. The van der Waals surface area contributed by atoms with Crippen LogP contribution in [0.4, 0.5) is 13.2 Å². The average Bonchev–Trinajstić information content (AvgIpc) is 2.29. The topological polar surface area (TPSA) is 30.5 Å². The van der Waals surface area contributed by atoms with E-state index in [2.05, 4.69) is 16.6 Å². The highest BCUT2D eigenvalue weighted by Crippen LogP contribution is 2.24. The molecule has 0 aromatic heterocycles. The van der Waals surface area contributed by atoms with Gasteiger partial charge in [-0.1, -0.05) is 6.08 Å². The smallest absolute Gasteiger partial charge is 0.492 e. The number of benzene rings is 1. The fraction of sp³-hybridized carbons (Fsp3) is 0.333. The molecule has 1 rings (SSSR count). The normalized spacial score (nSPS) is 11.1. The van der Waals surface area contributed by atoms with Gasteiger partial charge in [0.1, 0.15) is 18.1 Å². The second kappa shape index (κ2) is 6.90. The maximum Gasteiger partial charge on any atom is 0.573 e. The molecular formula is C12H14F3NO2. The summed E-state index contributed by atoms with van der Waals surface area (Å²) < 4.78 is 44.7. The van der Waals surface area contributed by atoms with E-state index in [4.69, 9.17) is 4.74 Å². The van der Waals surface area contributed by atoms with Crippen LogP contribution in [0.25, 0.3) is 0 Å². The van der Waals surface area contributed by atoms with E-state index in [1.807, 2.05) is 0 Å². The minimum absolute atomic E-state index is 0.264. The number of hydrogen-bond acceptors (Lipinski definition) is 3. The number of alkyl halides is 3. The van der Waals surface area contributed by atoms with Crippen LogP contribution >= 0.6 is 0 Å². The first-order valence-electron chi connectivity index (χ1n) is 5.31. The fourth-order valence-corrected chi connectivity index (χ4v) is 1.18. The van der Waals surface area contributed by atoms with Gasteiger partial charge in [-0.05, 0) is 24.3 Å². The first-order valence-corrected chi connectivity index (χ1v) is 5.31. The Kier molecular flexibility index (Phi) is 5.51. The van der Waals surface area contributed by atoms with E-state index in [1.165, 1.54) is 24.3 Å². The molecule has 0 amide bonds. The summed E-state index contributed by atoms with van der Waals surface area (Å²) in [7, 11) is 0. The van der Waals surface area contributed by atoms with Crippen molar-refractivity contribution in [1.29, 1.82) is 0 Å². The van der Waals surface area contributed by atoms with Gasteiger partial charge in [-0.15, -0.1) is 19.8 Å². The Morgan fingerprint density at radius 1 is 1.17 bits per heavy atom. The average molecular weight is 261 g/mol. The zero-order chi connectivity index (χ0) is 13.4.